The second kappa shape index (κ2) is 20.9. The Kier molecular flexibility index (Phi) is 17.9. The summed E-state index contributed by atoms with van der Waals surface area (Å²) in [4.78, 5) is 0. The Hall–Kier alpha value is -3.90. The second-order valence-electron chi connectivity index (χ2n) is 11.0. The molecule has 0 radical (unpaired) electrons. The van der Waals surface area contributed by atoms with Crippen molar-refractivity contribution in [2.24, 2.45) is 0 Å². The van der Waals surface area contributed by atoms with Gasteiger partial charge in [0, 0.05) is 0 Å². The maximum atomic E-state index is 2.22. The average Bonchev–Trinajstić information content (AvgIpc) is 2.96. The molecule has 0 aliphatic heterocycles. The van der Waals surface area contributed by atoms with E-state index in [4.69, 9.17) is 0 Å². The van der Waals surface area contributed by atoms with E-state index in [1.807, 2.05) is 54.6 Å². The summed E-state index contributed by atoms with van der Waals surface area (Å²) in [6.45, 7) is 19.5. The van der Waals surface area contributed by atoms with E-state index in [-0.39, 0.29) is 0 Å². The van der Waals surface area contributed by atoms with E-state index >= 15 is 0 Å². The Morgan fingerprint density at radius 1 is 0.293 bits per heavy atom. The molecule has 0 heterocycles. The number of benzene rings is 5. The van der Waals surface area contributed by atoms with Crippen molar-refractivity contribution >= 4 is 0 Å². The topological polar surface area (TPSA) is 0 Å². The first-order valence-corrected chi connectivity index (χ1v) is 14.8. The van der Waals surface area contributed by atoms with Crippen molar-refractivity contribution in [2.45, 2.75) is 74.1 Å². The number of hydrogen-bond acceptors (Lipinski definition) is 0. The monoisotopic (exact) mass is 544 g/mol. The lowest BCUT2D eigenvalue weighted by molar-refractivity contribution is 0.856. The molecule has 5 aromatic rings. The normalized spacial score (nSPS) is 9.54. The molecule has 0 aliphatic carbocycles. The van der Waals surface area contributed by atoms with Crippen LogP contribution in [0, 0.1) is 34.6 Å². The van der Waals surface area contributed by atoms with Crippen LogP contribution >= 0.6 is 0 Å². The minimum Gasteiger partial charge on any atom is -0.0622 e. The Morgan fingerprint density at radius 3 is 0.659 bits per heavy atom. The summed E-state index contributed by atoms with van der Waals surface area (Å²) in [5, 5.41) is 0. The van der Waals surface area contributed by atoms with Gasteiger partial charge in [-0.25, -0.2) is 0 Å². The van der Waals surface area contributed by atoms with Gasteiger partial charge < -0.3 is 0 Å². The van der Waals surface area contributed by atoms with Gasteiger partial charge in [-0.3, -0.25) is 0 Å². The third-order valence-electron chi connectivity index (χ3n) is 6.44. The fourth-order valence-corrected chi connectivity index (χ4v) is 4.07. The van der Waals surface area contributed by atoms with Gasteiger partial charge in [-0.2, -0.15) is 0 Å². The van der Waals surface area contributed by atoms with Crippen molar-refractivity contribution in [3.05, 3.63) is 178 Å². The molecule has 0 aliphatic rings. The second-order valence-corrected chi connectivity index (χ2v) is 11.0. The predicted molar refractivity (Wildman–Crippen MR) is 184 cm³/mol. The Balaban J connectivity index is 0.000000259. The van der Waals surface area contributed by atoms with Crippen molar-refractivity contribution < 1.29 is 0 Å². The molecular formula is C41H52. The van der Waals surface area contributed by atoms with Gasteiger partial charge in [0.15, 0.2) is 0 Å². The molecular weight excluding hydrogens is 492 g/mol. The van der Waals surface area contributed by atoms with E-state index in [0.29, 0.717) is 11.8 Å². The van der Waals surface area contributed by atoms with Crippen LogP contribution in [0.3, 0.4) is 0 Å². The molecule has 0 saturated heterocycles. The molecule has 0 amide bonds. The first kappa shape index (κ1) is 35.1. The van der Waals surface area contributed by atoms with Crippen LogP contribution in [-0.4, -0.2) is 0 Å². The smallest absolute Gasteiger partial charge is 0.0216 e. The van der Waals surface area contributed by atoms with Crippen molar-refractivity contribution in [3.8, 4) is 0 Å². The third kappa shape index (κ3) is 16.7. The highest BCUT2D eigenvalue weighted by Crippen LogP contribution is 2.18. The Labute approximate surface area is 252 Å². The van der Waals surface area contributed by atoms with Crippen LogP contribution in [0.25, 0.3) is 0 Å². The molecule has 0 atom stereocenters. The highest BCUT2D eigenvalue weighted by molar-refractivity contribution is 5.28. The lowest BCUT2D eigenvalue weighted by atomic mass is 9.99. The lowest BCUT2D eigenvalue weighted by Crippen LogP contribution is -1.89. The fraction of sp³-hybridized carbons (Fsp3) is 0.268. The maximum absolute atomic E-state index is 2.22. The van der Waals surface area contributed by atoms with Crippen LogP contribution in [0.4, 0.5) is 0 Å². The van der Waals surface area contributed by atoms with Gasteiger partial charge in [0.2, 0.25) is 0 Å². The third-order valence-corrected chi connectivity index (χ3v) is 6.44. The first-order chi connectivity index (χ1) is 19.6. The van der Waals surface area contributed by atoms with Crippen LogP contribution in [0.1, 0.15) is 78.5 Å². The quantitative estimate of drug-likeness (QED) is 0.207. The van der Waals surface area contributed by atoms with Crippen LogP contribution in [0.2, 0.25) is 0 Å². The van der Waals surface area contributed by atoms with Crippen LogP contribution in [0.15, 0.2) is 140 Å². The predicted octanol–water partition coefficient (Wildman–Crippen LogP) is 12.2. The minimum absolute atomic E-state index is 0.654. The molecule has 41 heavy (non-hydrogen) atoms. The van der Waals surface area contributed by atoms with E-state index < -0.39 is 0 Å². The average molecular weight is 545 g/mol. The molecule has 0 saturated carbocycles. The highest BCUT2D eigenvalue weighted by Gasteiger charge is 2.00. The van der Waals surface area contributed by atoms with Crippen molar-refractivity contribution in [3.63, 3.8) is 0 Å². The van der Waals surface area contributed by atoms with E-state index in [1.165, 1.54) is 38.9 Å². The lowest BCUT2D eigenvalue weighted by Gasteiger charge is -2.07. The first-order valence-electron chi connectivity index (χ1n) is 14.8. The van der Waals surface area contributed by atoms with Crippen molar-refractivity contribution in [1.82, 2.24) is 0 Å². The SMILES string of the molecule is Cc1ccccc1.Cc1ccccc1.Cc1ccccc1.Cc1ccccc1C(C)C.Cc1ccccc1C(C)C. The van der Waals surface area contributed by atoms with E-state index in [9.17, 15) is 0 Å². The molecule has 0 fully saturated rings. The van der Waals surface area contributed by atoms with Gasteiger partial charge >= 0.3 is 0 Å². The summed E-state index contributed by atoms with van der Waals surface area (Å²) in [7, 11) is 0. The summed E-state index contributed by atoms with van der Waals surface area (Å²) in [6, 6.07) is 47.9. The number of hydrogen-bond donors (Lipinski definition) is 0. The molecule has 0 N–H and O–H groups in total. The molecule has 5 aromatic carbocycles. The summed E-state index contributed by atoms with van der Waals surface area (Å²) >= 11 is 0. The summed E-state index contributed by atoms with van der Waals surface area (Å²) in [6.07, 6.45) is 0. The number of rotatable bonds is 2. The zero-order valence-corrected chi connectivity index (χ0v) is 26.9. The fourth-order valence-electron chi connectivity index (χ4n) is 4.07. The van der Waals surface area contributed by atoms with E-state index in [0.717, 1.165) is 0 Å². The molecule has 5 rings (SSSR count). The summed E-state index contributed by atoms with van der Waals surface area (Å²) in [5.74, 6) is 1.31. The molecule has 216 valence electrons. The molecule has 0 heteroatoms. The van der Waals surface area contributed by atoms with Gasteiger partial charge in [0.1, 0.15) is 0 Å². The van der Waals surface area contributed by atoms with Crippen molar-refractivity contribution in [1.29, 1.82) is 0 Å². The standard InChI is InChI=1S/2C10H14.3C7H8/c2*1-8(2)10-7-5-4-6-9(10)3;3*1-7-5-3-2-4-6-7/h2*4-8H,1-3H3;3*2-6H,1H3. The molecule has 0 aromatic heterocycles. The Morgan fingerprint density at radius 2 is 0.512 bits per heavy atom. The molecule has 0 unspecified atom stereocenters. The van der Waals surface area contributed by atoms with E-state index in [2.05, 4.69) is 147 Å². The van der Waals surface area contributed by atoms with E-state index in [1.54, 1.807) is 0 Å². The van der Waals surface area contributed by atoms with Crippen LogP contribution < -0.4 is 0 Å². The zero-order chi connectivity index (χ0) is 30.5. The minimum atomic E-state index is 0.654. The largest absolute Gasteiger partial charge is 0.0622 e. The molecule has 0 bridgehead atoms. The van der Waals surface area contributed by atoms with Gasteiger partial charge in [-0.15, -0.1) is 0 Å². The molecule has 0 spiro atoms. The van der Waals surface area contributed by atoms with Gasteiger partial charge in [0.25, 0.3) is 0 Å². The van der Waals surface area contributed by atoms with Gasteiger partial charge in [-0.1, -0.05) is 184 Å². The number of aryl methyl sites for hydroxylation is 5. The van der Waals surface area contributed by atoms with Gasteiger partial charge in [-0.05, 0) is 68.7 Å². The Bertz CT molecular complexity index is 1160. The summed E-state index contributed by atoms with van der Waals surface area (Å²) < 4.78 is 0. The van der Waals surface area contributed by atoms with Gasteiger partial charge in [0.05, 0.1) is 0 Å². The molecule has 0 nitrogen and oxygen atoms in total. The zero-order valence-electron chi connectivity index (χ0n) is 26.9. The van der Waals surface area contributed by atoms with Crippen molar-refractivity contribution in [2.75, 3.05) is 0 Å². The maximum Gasteiger partial charge on any atom is -0.0216 e. The van der Waals surface area contributed by atoms with Crippen LogP contribution in [-0.2, 0) is 0 Å². The van der Waals surface area contributed by atoms with Crippen LogP contribution in [0.5, 0.6) is 0 Å². The highest BCUT2D eigenvalue weighted by atomic mass is 14.1. The summed E-state index contributed by atoms with van der Waals surface area (Å²) in [5.41, 5.74) is 9.69.